The number of amides is 1. The molecule has 21 heavy (non-hydrogen) atoms. The molecular formula is C16H23N3O2. The fraction of sp³-hybridized carbons (Fsp3) is 0.812. The summed E-state index contributed by atoms with van der Waals surface area (Å²) in [5.41, 5.74) is 0.321. The monoisotopic (exact) mass is 289 g/mol. The maximum absolute atomic E-state index is 12.2. The number of carbonyl (C=O) groups is 1. The van der Waals surface area contributed by atoms with Crippen LogP contribution in [0.4, 0.5) is 0 Å². The fourth-order valence-corrected chi connectivity index (χ4v) is 3.43. The van der Waals surface area contributed by atoms with Crippen molar-refractivity contribution in [3.05, 3.63) is 11.7 Å². The maximum Gasteiger partial charge on any atom is 0.231 e. The minimum atomic E-state index is 0.226. The van der Waals surface area contributed by atoms with Gasteiger partial charge in [-0.25, -0.2) is 0 Å². The van der Waals surface area contributed by atoms with E-state index in [-0.39, 0.29) is 5.92 Å². The number of hydrogen-bond acceptors (Lipinski definition) is 4. The largest absolute Gasteiger partial charge is 0.342 e. The van der Waals surface area contributed by atoms with Crippen LogP contribution in [0, 0.1) is 11.3 Å². The van der Waals surface area contributed by atoms with E-state index >= 15 is 0 Å². The molecule has 3 aliphatic rings. The van der Waals surface area contributed by atoms with Gasteiger partial charge in [-0.15, -0.1) is 0 Å². The molecule has 2 atom stereocenters. The molecule has 1 aliphatic heterocycles. The Kier molecular flexibility index (Phi) is 2.88. The van der Waals surface area contributed by atoms with E-state index in [0.29, 0.717) is 23.2 Å². The number of aromatic nitrogens is 2. The Morgan fingerprint density at radius 3 is 2.76 bits per heavy atom. The third kappa shape index (κ3) is 2.47. The van der Waals surface area contributed by atoms with Gasteiger partial charge < -0.3 is 9.42 Å². The molecule has 0 N–H and O–H groups in total. The molecule has 5 nitrogen and oxygen atoms in total. The average molecular weight is 289 g/mol. The Labute approximate surface area is 125 Å². The summed E-state index contributed by atoms with van der Waals surface area (Å²) >= 11 is 0. The van der Waals surface area contributed by atoms with Crippen molar-refractivity contribution in [1.82, 2.24) is 15.0 Å². The molecule has 5 heteroatoms. The summed E-state index contributed by atoms with van der Waals surface area (Å²) in [4.78, 5) is 18.8. The van der Waals surface area contributed by atoms with Gasteiger partial charge in [0, 0.05) is 24.9 Å². The van der Waals surface area contributed by atoms with E-state index in [4.69, 9.17) is 4.52 Å². The van der Waals surface area contributed by atoms with E-state index in [1.807, 2.05) is 4.90 Å². The van der Waals surface area contributed by atoms with Crippen molar-refractivity contribution in [2.45, 2.75) is 57.8 Å². The number of carbonyl (C=O) groups excluding carboxylic acids is 1. The van der Waals surface area contributed by atoms with Gasteiger partial charge in [-0.05, 0) is 37.5 Å². The van der Waals surface area contributed by atoms with Crippen molar-refractivity contribution in [3.63, 3.8) is 0 Å². The van der Waals surface area contributed by atoms with Crippen LogP contribution in [0.1, 0.15) is 69.5 Å². The van der Waals surface area contributed by atoms with Crippen LogP contribution in [0.25, 0.3) is 0 Å². The molecule has 0 radical (unpaired) electrons. The highest BCUT2D eigenvalue weighted by molar-refractivity contribution is 5.81. The molecule has 0 unspecified atom stereocenters. The summed E-state index contributed by atoms with van der Waals surface area (Å²) in [5, 5.41) is 4.18. The SMILES string of the molecule is CC1(C)C[C@H]1c1noc([C@H]2CCCN(C(=O)C3CC3)C2)n1. The van der Waals surface area contributed by atoms with Crippen LogP contribution in [-0.2, 0) is 4.79 Å². The topological polar surface area (TPSA) is 59.2 Å². The molecule has 2 aliphatic carbocycles. The van der Waals surface area contributed by atoms with E-state index in [2.05, 4.69) is 24.0 Å². The highest BCUT2D eigenvalue weighted by Crippen LogP contribution is 2.57. The first-order valence-corrected chi connectivity index (χ1v) is 8.17. The van der Waals surface area contributed by atoms with Crippen LogP contribution in [0.3, 0.4) is 0 Å². The Morgan fingerprint density at radius 2 is 2.10 bits per heavy atom. The molecule has 114 valence electrons. The van der Waals surface area contributed by atoms with Crippen LogP contribution >= 0.6 is 0 Å². The third-order valence-electron chi connectivity index (χ3n) is 5.29. The summed E-state index contributed by atoms with van der Waals surface area (Å²) in [6.07, 6.45) is 5.37. The molecule has 2 heterocycles. The van der Waals surface area contributed by atoms with E-state index in [1.165, 1.54) is 0 Å². The first-order chi connectivity index (χ1) is 10.0. The van der Waals surface area contributed by atoms with Crippen molar-refractivity contribution in [1.29, 1.82) is 0 Å². The second kappa shape index (κ2) is 4.55. The predicted octanol–water partition coefficient (Wildman–Crippen LogP) is 2.70. The zero-order valence-corrected chi connectivity index (χ0v) is 12.8. The minimum absolute atomic E-state index is 0.226. The van der Waals surface area contributed by atoms with E-state index in [0.717, 1.165) is 56.9 Å². The second-order valence-corrected chi connectivity index (χ2v) is 7.63. The summed E-state index contributed by atoms with van der Waals surface area (Å²) in [7, 11) is 0. The Morgan fingerprint density at radius 1 is 1.33 bits per heavy atom. The molecular weight excluding hydrogens is 266 g/mol. The minimum Gasteiger partial charge on any atom is -0.342 e. The molecule has 4 rings (SSSR count). The number of hydrogen-bond donors (Lipinski definition) is 0. The van der Waals surface area contributed by atoms with Gasteiger partial charge in [0.15, 0.2) is 5.82 Å². The van der Waals surface area contributed by atoms with E-state index in [9.17, 15) is 4.79 Å². The fourth-order valence-electron chi connectivity index (χ4n) is 3.43. The van der Waals surface area contributed by atoms with Gasteiger partial charge in [0.1, 0.15) is 0 Å². The normalized spacial score (nSPS) is 31.2. The molecule has 1 amide bonds. The molecule has 1 aromatic heterocycles. The van der Waals surface area contributed by atoms with Crippen LogP contribution in [0.5, 0.6) is 0 Å². The maximum atomic E-state index is 12.2. The van der Waals surface area contributed by atoms with Gasteiger partial charge in [-0.2, -0.15) is 4.98 Å². The lowest BCUT2D eigenvalue weighted by Crippen LogP contribution is -2.40. The zero-order valence-electron chi connectivity index (χ0n) is 12.8. The van der Waals surface area contributed by atoms with Gasteiger partial charge in [0.25, 0.3) is 0 Å². The Bertz CT molecular complexity index is 562. The average Bonchev–Trinajstić information content (AvgIpc) is 3.37. The number of rotatable bonds is 3. The quantitative estimate of drug-likeness (QED) is 0.858. The lowest BCUT2D eigenvalue weighted by molar-refractivity contribution is -0.133. The van der Waals surface area contributed by atoms with Crippen molar-refractivity contribution in [3.8, 4) is 0 Å². The van der Waals surface area contributed by atoms with E-state index < -0.39 is 0 Å². The Hall–Kier alpha value is -1.39. The van der Waals surface area contributed by atoms with Crippen LogP contribution < -0.4 is 0 Å². The summed E-state index contributed by atoms with van der Waals surface area (Å²) in [5.74, 6) is 2.91. The predicted molar refractivity (Wildman–Crippen MR) is 76.7 cm³/mol. The number of likely N-dealkylation sites (tertiary alicyclic amines) is 1. The Balaban J connectivity index is 1.44. The van der Waals surface area contributed by atoms with Gasteiger partial charge >= 0.3 is 0 Å². The summed E-state index contributed by atoms with van der Waals surface area (Å²) in [6.45, 7) is 6.13. The summed E-state index contributed by atoms with van der Waals surface area (Å²) < 4.78 is 5.50. The number of nitrogens with zero attached hydrogens (tertiary/aromatic N) is 3. The van der Waals surface area contributed by atoms with Gasteiger partial charge in [0.2, 0.25) is 11.8 Å². The third-order valence-corrected chi connectivity index (χ3v) is 5.29. The molecule has 0 spiro atoms. The smallest absolute Gasteiger partial charge is 0.231 e. The molecule has 3 fully saturated rings. The molecule has 1 aromatic rings. The standard InChI is InChI=1S/C16H23N3O2/c1-16(2)8-12(16)13-17-14(21-18-13)11-4-3-7-19(9-11)15(20)10-5-6-10/h10-12H,3-9H2,1-2H3/t11-,12-/m0/s1. The van der Waals surface area contributed by atoms with Crippen molar-refractivity contribution in [2.24, 2.45) is 11.3 Å². The number of piperidine rings is 1. The highest BCUT2D eigenvalue weighted by atomic mass is 16.5. The van der Waals surface area contributed by atoms with Gasteiger partial charge in [-0.3, -0.25) is 4.79 Å². The molecule has 0 aromatic carbocycles. The van der Waals surface area contributed by atoms with Crippen LogP contribution in [-0.4, -0.2) is 34.0 Å². The van der Waals surface area contributed by atoms with Gasteiger partial charge in [-0.1, -0.05) is 19.0 Å². The van der Waals surface area contributed by atoms with Crippen LogP contribution in [0.15, 0.2) is 4.52 Å². The first kappa shape index (κ1) is 13.3. The van der Waals surface area contributed by atoms with Crippen molar-refractivity contribution < 1.29 is 9.32 Å². The van der Waals surface area contributed by atoms with Gasteiger partial charge in [0.05, 0.1) is 5.92 Å². The lowest BCUT2D eigenvalue weighted by Gasteiger charge is -2.31. The molecule has 2 saturated carbocycles. The lowest BCUT2D eigenvalue weighted by atomic mass is 9.97. The van der Waals surface area contributed by atoms with Crippen LogP contribution in [0.2, 0.25) is 0 Å². The first-order valence-electron chi connectivity index (χ1n) is 8.17. The van der Waals surface area contributed by atoms with Crippen molar-refractivity contribution >= 4 is 5.91 Å². The molecule has 0 bridgehead atoms. The van der Waals surface area contributed by atoms with E-state index in [1.54, 1.807) is 0 Å². The summed E-state index contributed by atoms with van der Waals surface area (Å²) in [6, 6.07) is 0. The zero-order chi connectivity index (χ0) is 14.6. The molecule has 1 saturated heterocycles. The highest BCUT2D eigenvalue weighted by Gasteiger charge is 2.49. The van der Waals surface area contributed by atoms with Crippen molar-refractivity contribution in [2.75, 3.05) is 13.1 Å². The second-order valence-electron chi connectivity index (χ2n) is 7.63.